The van der Waals surface area contributed by atoms with Crippen LogP contribution in [0.1, 0.15) is 23.7 Å². The first-order chi connectivity index (χ1) is 8.34. The molecule has 1 heterocycles. The Kier molecular flexibility index (Phi) is 5.15. The summed E-state index contributed by atoms with van der Waals surface area (Å²) in [5.74, 6) is 0.558. The SMILES string of the molecule is Cc1nnc(NCC(C)S(C)=O)c(C(N)=S)c1C. The number of hydrogen-bond acceptors (Lipinski definition) is 5. The summed E-state index contributed by atoms with van der Waals surface area (Å²) in [6, 6.07) is 0. The van der Waals surface area contributed by atoms with Crippen LogP contribution in [0.2, 0.25) is 0 Å². The topological polar surface area (TPSA) is 80.9 Å². The molecule has 0 amide bonds. The lowest BCUT2D eigenvalue weighted by atomic mass is 10.1. The molecule has 1 rings (SSSR count). The summed E-state index contributed by atoms with van der Waals surface area (Å²) in [5.41, 5.74) is 8.15. The van der Waals surface area contributed by atoms with Crippen molar-refractivity contribution in [2.45, 2.75) is 26.0 Å². The molecule has 1 aromatic rings. The van der Waals surface area contributed by atoms with Gasteiger partial charge >= 0.3 is 0 Å². The van der Waals surface area contributed by atoms with Crippen LogP contribution in [-0.4, -0.2) is 37.4 Å². The lowest BCUT2D eigenvalue weighted by Gasteiger charge is -2.15. The zero-order chi connectivity index (χ0) is 13.9. The molecule has 1 aromatic heterocycles. The zero-order valence-corrected chi connectivity index (χ0v) is 12.6. The Morgan fingerprint density at radius 1 is 1.50 bits per heavy atom. The molecule has 100 valence electrons. The van der Waals surface area contributed by atoms with Crippen molar-refractivity contribution in [3.05, 3.63) is 16.8 Å². The smallest absolute Gasteiger partial charge is 0.159 e. The van der Waals surface area contributed by atoms with E-state index in [9.17, 15) is 4.21 Å². The highest BCUT2D eigenvalue weighted by molar-refractivity contribution is 7.84. The van der Waals surface area contributed by atoms with Gasteiger partial charge in [-0.2, -0.15) is 5.10 Å². The van der Waals surface area contributed by atoms with E-state index in [0.717, 1.165) is 11.3 Å². The van der Waals surface area contributed by atoms with Gasteiger partial charge in [0, 0.05) is 28.9 Å². The van der Waals surface area contributed by atoms with Crippen molar-refractivity contribution < 1.29 is 4.21 Å². The first-order valence-electron chi connectivity index (χ1n) is 5.54. The van der Waals surface area contributed by atoms with E-state index in [1.165, 1.54) is 0 Å². The van der Waals surface area contributed by atoms with Gasteiger partial charge in [-0.1, -0.05) is 12.2 Å². The number of nitrogens with one attached hydrogen (secondary N) is 1. The molecular weight excluding hydrogens is 268 g/mol. The maximum atomic E-state index is 11.3. The third-order valence-electron chi connectivity index (χ3n) is 2.82. The largest absolute Gasteiger partial charge is 0.389 e. The van der Waals surface area contributed by atoms with Crippen LogP contribution in [0.3, 0.4) is 0 Å². The minimum Gasteiger partial charge on any atom is -0.389 e. The molecule has 2 atom stereocenters. The van der Waals surface area contributed by atoms with Gasteiger partial charge in [0.1, 0.15) is 4.99 Å². The molecular formula is C11H18N4OS2. The molecule has 5 nitrogen and oxygen atoms in total. The second kappa shape index (κ2) is 6.19. The fourth-order valence-electron chi connectivity index (χ4n) is 1.39. The number of anilines is 1. The summed E-state index contributed by atoms with van der Waals surface area (Å²) in [6.07, 6.45) is 1.67. The maximum absolute atomic E-state index is 11.3. The van der Waals surface area contributed by atoms with Gasteiger partial charge in [-0.25, -0.2) is 0 Å². The number of aromatic nitrogens is 2. The van der Waals surface area contributed by atoms with E-state index < -0.39 is 10.8 Å². The lowest BCUT2D eigenvalue weighted by molar-refractivity contribution is 0.678. The molecule has 0 saturated carbocycles. The third-order valence-corrected chi connectivity index (χ3v) is 4.33. The van der Waals surface area contributed by atoms with Gasteiger partial charge in [-0.3, -0.25) is 4.21 Å². The molecule has 0 radical (unpaired) electrons. The number of nitrogens with two attached hydrogens (primary N) is 1. The summed E-state index contributed by atoms with van der Waals surface area (Å²) in [6.45, 7) is 6.20. The van der Waals surface area contributed by atoms with Gasteiger partial charge in [0.05, 0.1) is 11.3 Å². The van der Waals surface area contributed by atoms with E-state index in [-0.39, 0.29) is 5.25 Å². The summed E-state index contributed by atoms with van der Waals surface area (Å²) in [4.78, 5) is 0.290. The molecule has 0 fully saturated rings. The predicted molar refractivity (Wildman–Crippen MR) is 79.4 cm³/mol. The Balaban J connectivity index is 2.99. The molecule has 0 aromatic carbocycles. The molecule has 0 aliphatic rings. The van der Waals surface area contributed by atoms with Crippen LogP contribution in [0.4, 0.5) is 5.82 Å². The molecule has 0 spiro atoms. The van der Waals surface area contributed by atoms with Crippen molar-refractivity contribution in [2.75, 3.05) is 18.1 Å². The van der Waals surface area contributed by atoms with E-state index in [0.29, 0.717) is 22.9 Å². The average molecular weight is 286 g/mol. The number of nitrogens with zero attached hydrogens (tertiary/aromatic N) is 2. The summed E-state index contributed by atoms with van der Waals surface area (Å²) in [7, 11) is -0.886. The van der Waals surface area contributed by atoms with Crippen LogP contribution >= 0.6 is 12.2 Å². The summed E-state index contributed by atoms with van der Waals surface area (Å²) >= 11 is 5.04. The highest BCUT2D eigenvalue weighted by atomic mass is 32.2. The van der Waals surface area contributed by atoms with Gasteiger partial charge < -0.3 is 11.1 Å². The van der Waals surface area contributed by atoms with Gasteiger partial charge in [-0.05, 0) is 26.3 Å². The fraction of sp³-hybridized carbons (Fsp3) is 0.545. The number of hydrogen-bond donors (Lipinski definition) is 2. The van der Waals surface area contributed by atoms with Crippen molar-refractivity contribution in [1.29, 1.82) is 0 Å². The minimum absolute atomic E-state index is 0.0209. The first-order valence-corrected chi connectivity index (χ1v) is 7.57. The Labute approximate surface area is 115 Å². The van der Waals surface area contributed by atoms with E-state index >= 15 is 0 Å². The van der Waals surface area contributed by atoms with Gasteiger partial charge in [0.25, 0.3) is 0 Å². The molecule has 18 heavy (non-hydrogen) atoms. The number of aryl methyl sites for hydroxylation is 1. The zero-order valence-electron chi connectivity index (χ0n) is 11.0. The van der Waals surface area contributed by atoms with Crippen molar-refractivity contribution in [3.8, 4) is 0 Å². The summed E-state index contributed by atoms with van der Waals surface area (Å²) < 4.78 is 11.3. The van der Waals surface area contributed by atoms with Crippen LogP contribution in [0.5, 0.6) is 0 Å². The van der Waals surface area contributed by atoms with E-state index in [4.69, 9.17) is 18.0 Å². The minimum atomic E-state index is -0.886. The molecule has 0 bridgehead atoms. The molecule has 7 heteroatoms. The Hall–Kier alpha value is -1.08. The van der Waals surface area contributed by atoms with Gasteiger partial charge in [-0.15, -0.1) is 5.10 Å². The van der Waals surface area contributed by atoms with Crippen LogP contribution in [0, 0.1) is 13.8 Å². The van der Waals surface area contributed by atoms with Crippen LogP contribution in [0.15, 0.2) is 0 Å². The Morgan fingerprint density at radius 2 is 2.11 bits per heavy atom. The highest BCUT2D eigenvalue weighted by Gasteiger charge is 2.14. The maximum Gasteiger partial charge on any atom is 0.159 e. The molecule has 0 aliphatic carbocycles. The fourth-order valence-corrected chi connectivity index (χ4v) is 1.96. The standard InChI is InChI=1S/C11H18N4OS2/c1-6(18(4)16)5-13-11-9(10(12)17)7(2)8(3)14-15-11/h6H,5H2,1-4H3,(H2,12,17)(H,13,15). The average Bonchev–Trinajstić information content (AvgIpc) is 2.29. The number of thiocarbonyl (C=S) groups is 1. The lowest BCUT2D eigenvalue weighted by Crippen LogP contribution is -2.24. The molecule has 0 aliphatic heterocycles. The predicted octanol–water partition coefficient (Wildman–Crippen LogP) is 0.907. The second-order valence-corrected chi connectivity index (χ2v) is 6.43. The van der Waals surface area contributed by atoms with Crippen molar-refractivity contribution in [2.24, 2.45) is 5.73 Å². The summed E-state index contributed by atoms with van der Waals surface area (Å²) in [5, 5.41) is 11.2. The Bertz CT molecular complexity index is 490. The monoisotopic (exact) mass is 286 g/mol. The van der Waals surface area contributed by atoms with E-state index in [2.05, 4.69) is 15.5 Å². The van der Waals surface area contributed by atoms with Crippen molar-refractivity contribution in [1.82, 2.24) is 10.2 Å². The second-order valence-electron chi connectivity index (χ2n) is 4.19. The first kappa shape index (κ1) is 15.0. The number of rotatable bonds is 5. The normalized spacial score (nSPS) is 14.0. The molecule has 0 saturated heterocycles. The van der Waals surface area contributed by atoms with Crippen LogP contribution in [-0.2, 0) is 10.8 Å². The Morgan fingerprint density at radius 3 is 2.61 bits per heavy atom. The quantitative estimate of drug-likeness (QED) is 0.783. The van der Waals surface area contributed by atoms with Crippen molar-refractivity contribution in [3.63, 3.8) is 0 Å². The van der Waals surface area contributed by atoms with Crippen LogP contribution in [0.25, 0.3) is 0 Å². The van der Waals surface area contributed by atoms with Gasteiger partial charge in [0.15, 0.2) is 5.82 Å². The van der Waals surface area contributed by atoms with Crippen molar-refractivity contribution >= 4 is 33.8 Å². The third kappa shape index (κ3) is 3.46. The molecule has 3 N–H and O–H groups in total. The van der Waals surface area contributed by atoms with E-state index in [1.54, 1.807) is 6.26 Å². The van der Waals surface area contributed by atoms with E-state index in [1.807, 2.05) is 20.8 Å². The van der Waals surface area contributed by atoms with Crippen LogP contribution < -0.4 is 11.1 Å². The molecule has 2 unspecified atom stereocenters. The van der Waals surface area contributed by atoms with Gasteiger partial charge in [0.2, 0.25) is 0 Å². The highest BCUT2D eigenvalue weighted by Crippen LogP contribution is 2.18.